The fourth-order valence-electron chi connectivity index (χ4n) is 1.70. The smallest absolute Gasteiger partial charge is 0.361 e. The number of rotatable bonds is 5. The first-order valence-electron chi connectivity index (χ1n) is 6.67. The Morgan fingerprint density at radius 2 is 1.91 bits per heavy atom. The van der Waals surface area contributed by atoms with Crippen molar-refractivity contribution in [3.8, 4) is 0 Å². The van der Waals surface area contributed by atoms with Crippen molar-refractivity contribution in [3.05, 3.63) is 54.0 Å². The fraction of sp³-hybridized carbons (Fsp3) is 0.200. The zero-order chi connectivity index (χ0) is 15.9. The third-order valence-corrected chi connectivity index (χ3v) is 2.88. The molecule has 2 aromatic rings. The van der Waals surface area contributed by atoms with Crippen LogP contribution in [-0.4, -0.2) is 27.9 Å². The normalized spacial score (nSPS) is 11.5. The van der Waals surface area contributed by atoms with Crippen LogP contribution >= 0.6 is 0 Å². The first-order chi connectivity index (χ1) is 10.6. The molecule has 0 bridgehead atoms. The molecule has 0 spiro atoms. The molecule has 0 aliphatic heterocycles. The first kappa shape index (κ1) is 15.4. The van der Waals surface area contributed by atoms with E-state index >= 15 is 0 Å². The van der Waals surface area contributed by atoms with E-state index < -0.39 is 18.0 Å². The van der Waals surface area contributed by atoms with Crippen LogP contribution in [0.3, 0.4) is 0 Å². The van der Waals surface area contributed by atoms with Crippen molar-refractivity contribution in [2.24, 2.45) is 0 Å². The van der Waals surface area contributed by atoms with E-state index in [0.29, 0.717) is 6.54 Å². The molecule has 114 valence electrons. The maximum atomic E-state index is 11.9. The zero-order valence-electron chi connectivity index (χ0n) is 12.0. The molecule has 7 nitrogen and oxygen atoms in total. The number of nitrogens with one attached hydrogen (secondary N) is 1. The number of ether oxygens (including phenoxy) is 1. The van der Waals surface area contributed by atoms with Gasteiger partial charge >= 0.3 is 5.97 Å². The summed E-state index contributed by atoms with van der Waals surface area (Å²) in [5.74, 6) is -1.22. The van der Waals surface area contributed by atoms with E-state index in [-0.39, 0.29) is 11.5 Å². The van der Waals surface area contributed by atoms with Gasteiger partial charge < -0.3 is 15.8 Å². The molecule has 0 saturated carbocycles. The summed E-state index contributed by atoms with van der Waals surface area (Å²) in [5.41, 5.74) is 6.38. The largest absolute Gasteiger partial charge is 0.448 e. The number of hydrogen-bond donors (Lipinski definition) is 2. The SMILES string of the molecule is CC(OC(=O)c1nccnc1N)C(=O)NCc1ccccc1. The lowest BCUT2D eigenvalue weighted by atomic mass is 10.2. The molecule has 1 aromatic carbocycles. The molecule has 2 rings (SSSR count). The van der Waals surface area contributed by atoms with Crippen molar-refractivity contribution in [3.63, 3.8) is 0 Å². The number of nitrogen functional groups attached to an aromatic ring is 1. The average molecular weight is 300 g/mol. The van der Waals surface area contributed by atoms with Gasteiger partial charge in [0.15, 0.2) is 17.6 Å². The molecule has 1 aromatic heterocycles. The second kappa shape index (κ2) is 7.16. The van der Waals surface area contributed by atoms with E-state index in [1.807, 2.05) is 30.3 Å². The van der Waals surface area contributed by atoms with Gasteiger partial charge in [0.2, 0.25) is 0 Å². The van der Waals surface area contributed by atoms with E-state index in [4.69, 9.17) is 10.5 Å². The molecular formula is C15H16N4O3. The van der Waals surface area contributed by atoms with E-state index in [0.717, 1.165) is 5.56 Å². The number of aromatic nitrogens is 2. The summed E-state index contributed by atoms with van der Waals surface area (Å²) >= 11 is 0. The van der Waals surface area contributed by atoms with Gasteiger partial charge in [0.1, 0.15) is 0 Å². The maximum Gasteiger partial charge on any atom is 0.361 e. The van der Waals surface area contributed by atoms with Crippen molar-refractivity contribution >= 4 is 17.7 Å². The van der Waals surface area contributed by atoms with Gasteiger partial charge in [0, 0.05) is 18.9 Å². The minimum Gasteiger partial charge on any atom is -0.448 e. The Morgan fingerprint density at radius 1 is 1.23 bits per heavy atom. The zero-order valence-corrected chi connectivity index (χ0v) is 12.0. The van der Waals surface area contributed by atoms with Crippen molar-refractivity contribution in [1.82, 2.24) is 15.3 Å². The van der Waals surface area contributed by atoms with Crippen molar-refractivity contribution in [2.75, 3.05) is 5.73 Å². The molecule has 1 unspecified atom stereocenters. The summed E-state index contributed by atoms with van der Waals surface area (Å²) in [5, 5.41) is 2.69. The quantitative estimate of drug-likeness (QED) is 0.795. The van der Waals surface area contributed by atoms with Crippen LogP contribution in [0.5, 0.6) is 0 Å². The lowest BCUT2D eigenvalue weighted by molar-refractivity contribution is -0.129. The van der Waals surface area contributed by atoms with Gasteiger partial charge in [-0.3, -0.25) is 4.79 Å². The number of esters is 1. The second-order valence-corrected chi connectivity index (χ2v) is 4.54. The number of carbonyl (C=O) groups excluding carboxylic acids is 2. The maximum absolute atomic E-state index is 11.9. The Hall–Kier alpha value is -2.96. The van der Waals surface area contributed by atoms with Gasteiger partial charge in [-0.05, 0) is 12.5 Å². The van der Waals surface area contributed by atoms with Crippen LogP contribution in [-0.2, 0) is 16.1 Å². The molecule has 1 atom stereocenters. The number of nitrogens with two attached hydrogens (primary N) is 1. The van der Waals surface area contributed by atoms with Gasteiger partial charge in [-0.1, -0.05) is 30.3 Å². The number of carbonyl (C=O) groups is 2. The Morgan fingerprint density at radius 3 is 2.59 bits per heavy atom. The highest BCUT2D eigenvalue weighted by Gasteiger charge is 2.21. The molecule has 0 saturated heterocycles. The molecule has 7 heteroatoms. The van der Waals surface area contributed by atoms with Crippen molar-refractivity contribution < 1.29 is 14.3 Å². The van der Waals surface area contributed by atoms with Crippen LogP contribution in [0.2, 0.25) is 0 Å². The third-order valence-electron chi connectivity index (χ3n) is 2.88. The summed E-state index contributed by atoms with van der Waals surface area (Å²) in [4.78, 5) is 31.3. The van der Waals surface area contributed by atoms with E-state index in [1.165, 1.54) is 19.3 Å². The number of nitrogens with zero attached hydrogens (tertiary/aromatic N) is 2. The molecule has 22 heavy (non-hydrogen) atoms. The van der Waals surface area contributed by atoms with Gasteiger partial charge in [-0.2, -0.15) is 0 Å². The lowest BCUT2D eigenvalue weighted by Crippen LogP contribution is -2.35. The number of hydrogen-bond acceptors (Lipinski definition) is 6. The van der Waals surface area contributed by atoms with Crippen LogP contribution in [0.15, 0.2) is 42.7 Å². The standard InChI is InChI=1S/C15H16N4O3/c1-10(14(20)19-9-11-5-3-2-4-6-11)22-15(21)12-13(16)18-8-7-17-12/h2-8,10H,9H2,1H3,(H2,16,18)(H,19,20). The van der Waals surface area contributed by atoms with Crippen LogP contribution in [0.25, 0.3) is 0 Å². The molecule has 1 amide bonds. The highest BCUT2D eigenvalue weighted by atomic mass is 16.5. The minimum atomic E-state index is -0.961. The molecular weight excluding hydrogens is 284 g/mol. The van der Waals surface area contributed by atoms with Gasteiger partial charge in [-0.25, -0.2) is 14.8 Å². The van der Waals surface area contributed by atoms with Crippen LogP contribution < -0.4 is 11.1 Å². The Labute approximate surface area is 127 Å². The average Bonchev–Trinajstić information content (AvgIpc) is 2.53. The highest BCUT2D eigenvalue weighted by Crippen LogP contribution is 2.07. The number of benzene rings is 1. The van der Waals surface area contributed by atoms with Crippen LogP contribution in [0.4, 0.5) is 5.82 Å². The summed E-state index contributed by atoms with van der Waals surface area (Å²) in [7, 11) is 0. The lowest BCUT2D eigenvalue weighted by Gasteiger charge is -2.13. The van der Waals surface area contributed by atoms with E-state index in [2.05, 4.69) is 15.3 Å². The predicted octanol–water partition coefficient (Wildman–Crippen LogP) is 0.920. The first-order valence-corrected chi connectivity index (χ1v) is 6.67. The summed E-state index contributed by atoms with van der Waals surface area (Å²) < 4.78 is 5.03. The summed E-state index contributed by atoms with van der Waals surface area (Å²) in [6, 6.07) is 9.42. The van der Waals surface area contributed by atoms with Crippen LogP contribution in [0, 0.1) is 0 Å². The topological polar surface area (TPSA) is 107 Å². The monoisotopic (exact) mass is 300 g/mol. The summed E-state index contributed by atoms with van der Waals surface area (Å²) in [6.45, 7) is 1.83. The van der Waals surface area contributed by atoms with E-state index in [1.54, 1.807) is 0 Å². The molecule has 0 fully saturated rings. The Bertz CT molecular complexity index is 661. The predicted molar refractivity (Wildman–Crippen MR) is 79.6 cm³/mol. The highest BCUT2D eigenvalue weighted by molar-refractivity contribution is 5.93. The Kier molecular flexibility index (Phi) is 5.02. The van der Waals surface area contributed by atoms with E-state index in [9.17, 15) is 9.59 Å². The second-order valence-electron chi connectivity index (χ2n) is 4.54. The molecule has 1 heterocycles. The fourth-order valence-corrected chi connectivity index (χ4v) is 1.70. The van der Waals surface area contributed by atoms with Crippen molar-refractivity contribution in [2.45, 2.75) is 19.6 Å². The molecule has 0 aliphatic rings. The van der Waals surface area contributed by atoms with Gasteiger partial charge in [0.25, 0.3) is 5.91 Å². The number of anilines is 1. The van der Waals surface area contributed by atoms with Crippen molar-refractivity contribution in [1.29, 1.82) is 0 Å². The Balaban J connectivity index is 1.89. The molecule has 0 aliphatic carbocycles. The minimum absolute atomic E-state index is 0.0376. The number of amides is 1. The third kappa shape index (κ3) is 4.02. The van der Waals surface area contributed by atoms with Gasteiger partial charge in [0.05, 0.1) is 0 Å². The summed E-state index contributed by atoms with van der Waals surface area (Å²) in [6.07, 6.45) is 1.73. The molecule has 3 N–H and O–H groups in total. The van der Waals surface area contributed by atoms with Gasteiger partial charge in [-0.15, -0.1) is 0 Å². The molecule has 0 radical (unpaired) electrons. The van der Waals surface area contributed by atoms with Crippen LogP contribution in [0.1, 0.15) is 23.0 Å².